The van der Waals surface area contributed by atoms with E-state index in [2.05, 4.69) is 4.74 Å². The molecular formula is C7H9FO2. The molecule has 0 saturated carbocycles. The van der Waals surface area contributed by atoms with Crippen LogP contribution in [-0.2, 0) is 9.53 Å². The molecule has 2 nitrogen and oxygen atoms in total. The van der Waals surface area contributed by atoms with Gasteiger partial charge in [-0.05, 0) is 18.4 Å². The average Bonchev–Trinajstić information content (AvgIpc) is 2.31. The van der Waals surface area contributed by atoms with Gasteiger partial charge in [0, 0.05) is 6.08 Å². The molecule has 0 aromatic carbocycles. The molecule has 0 aromatic heterocycles. The highest BCUT2D eigenvalue weighted by atomic mass is 19.1. The van der Waals surface area contributed by atoms with Gasteiger partial charge in [-0.15, -0.1) is 0 Å². The Kier molecular flexibility index (Phi) is 2.42. The molecule has 0 amide bonds. The van der Waals surface area contributed by atoms with Crippen molar-refractivity contribution in [2.75, 3.05) is 13.3 Å². The number of esters is 1. The van der Waals surface area contributed by atoms with E-state index in [-0.39, 0.29) is 12.6 Å². The van der Waals surface area contributed by atoms with Crippen LogP contribution in [-0.4, -0.2) is 19.3 Å². The number of carbonyl (C=O) groups is 1. The Morgan fingerprint density at radius 3 is 3.00 bits per heavy atom. The largest absolute Gasteiger partial charge is 0.458 e. The summed E-state index contributed by atoms with van der Waals surface area (Å²) in [5.74, 6) is -0.297. The molecule has 1 heterocycles. The second-order valence-corrected chi connectivity index (χ2v) is 2.20. The molecule has 0 bridgehead atoms. The standard InChI is InChI=1S/C7H9FO2/c8-3-1-2-6-4-7(9)10-5-6/h4H,1-3,5H2. The number of rotatable bonds is 3. The molecule has 3 heteroatoms. The van der Waals surface area contributed by atoms with Gasteiger partial charge < -0.3 is 4.74 Å². The minimum atomic E-state index is -0.328. The third-order valence-corrected chi connectivity index (χ3v) is 1.35. The molecule has 1 aliphatic heterocycles. The first-order valence-electron chi connectivity index (χ1n) is 3.25. The number of hydrogen-bond acceptors (Lipinski definition) is 2. The third-order valence-electron chi connectivity index (χ3n) is 1.35. The predicted octanol–water partition coefficient (Wildman–Crippen LogP) is 1.22. The molecule has 0 radical (unpaired) electrons. The first-order valence-corrected chi connectivity index (χ1v) is 3.25. The van der Waals surface area contributed by atoms with Gasteiger partial charge in [-0.3, -0.25) is 4.39 Å². The highest BCUT2D eigenvalue weighted by Crippen LogP contribution is 2.11. The van der Waals surface area contributed by atoms with Crippen molar-refractivity contribution in [2.45, 2.75) is 12.8 Å². The quantitative estimate of drug-likeness (QED) is 0.556. The molecule has 0 aliphatic carbocycles. The first-order chi connectivity index (χ1) is 4.83. The van der Waals surface area contributed by atoms with Crippen molar-refractivity contribution in [3.05, 3.63) is 11.6 Å². The van der Waals surface area contributed by atoms with Crippen LogP contribution in [0.4, 0.5) is 4.39 Å². The number of halogens is 1. The van der Waals surface area contributed by atoms with Crippen molar-refractivity contribution in [2.24, 2.45) is 0 Å². The molecule has 10 heavy (non-hydrogen) atoms. The van der Waals surface area contributed by atoms with Crippen LogP contribution in [0.1, 0.15) is 12.8 Å². The van der Waals surface area contributed by atoms with E-state index in [0.29, 0.717) is 19.4 Å². The number of cyclic esters (lactones) is 1. The summed E-state index contributed by atoms with van der Waals surface area (Å²) in [6.07, 6.45) is 2.57. The second-order valence-electron chi connectivity index (χ2n) is 2.20. The van der Waals surface area contributed by atoms with Gasteiger partial charge >= 0.3 is 5.97 Å². The lowest BCUT2D eigenvalue weighted by Crippen LogP contribution is -1.91. The number of hydrogen-bond donors (Lipinski definition) is 0. The Balaban J connectivity index is 2.28. The molecule has 0 saturated heterocycles. The normalized spacial score (nSPS) is 16.9. The van der Waals surface area contributed by atoms with Crippen molar-refractivity contribution in [1.29, 1.82) is 0 Å². The van der Waals surface area contributed by atoms with Crippen molar-refractivity contribution in [1.82, 2.24) is 0 Å². The lowest BCUT2D eigenvalue weighted by molar-refractivity contribution is -0.134. The molecule has 0 atom stereocenters. The summed E-state index contributed by atoms with van der Waals surface area (Å²) < 4.78 is 16.2. The summed E-state index contributed by atoms with van der Waals surface area (Å²) in [6, 6.07) is 0. The van der Waals surface area contributed by atoms with Crippen LogP contribution in [0.15, 0.2) is 11.6 Å². The van der Waals surface area contributed by atoms with Gasteiger partial charge in [0.2, 0.25) is 0 Å². The van der Waals surface area contributed by atoms with E-state index >= 15 is 0 Å². The topological polar surface area (TPSA) is 26.3 Å². The zero-order valence-corrected chi connectivity index (χ0v) is 5.60. The molecule has 0 spiro atoms. The van der Waals surface area contributed by atoms with E-state index in [0.717, 1.165) is 5.57 Å². The van der Waals surface area contributed by atoms with E-state index in [4.69, 9.17) is 0 Å². The molecule has 56 valence electrons. The minimum Gasteiger partial charge on any atom is -0.458 e. The molecule has 0 N–H and O–H groups in total. The molecular weight excluding hydrogens is 135 g/mol. The van der Waals surface area contributed by atoms with Crippen molar-refractivity contribution < 1.29 is 13.9 Å². The van der Waals surface area contributed by atoms with Gasteiger partial charge in [0.05, 0.1) is 6.67 Å². The summed E-state index contributed by atoms with van der Waals surface area (Å²) in [5.41, 5.74) is 0.905. The fourth-order valence-corrected chi connectivity index (χ4v) is 0.852. The monoisotopic (exact) mass is 144 g/mol. The van der Waals surface area contributed by atoms with Crippen LogP contribution in [0.25, 0.3) is 0 Å². The maximum Gasteiger partial charge on any atom is 0.331 e. The second kappa shape index (κ2) is 3.34. The Bertz CT molecular complexity index is 163. The van der Waals surface area contributed by atoms with Crippen LogP contribution in [0, 0.1) is 0 Å². The maximum atomic E-state index is 11.6. The van der Waals surface area contributed by atoms with Crippen molar-refractivity contribution in [3.8, 4) is 0 Å². The molecule has 0 aromatic rings. The fourth-order valence-electron chi connectivity index (χ4n) is 0.852. The lowest BCUT2D eigenvalue weighted by Gasteiger charge is -1.94. The van der Waals surface area contributed by atoms with Gasteiger partial charge in [0.15, 0.2) is 0 Å². The Morgan fingerprint density at radius 1 is 1.70 bits per heavy atom. The SMILES string of the molecule is O=C1C=C(CCCF)CO1. The van der Waals surface area contributed by atoms with Crippen LogP contribution >= 0.6 is 0 Å². The molecule has 1 rings (SSSR count). The smallest absolute Gasteiger partial charge is 0.331 e. The van der Waals surface area contributed by atoms with Crippen molar-refractivity contribution >= 4 is 5.97 Å². The number of ether oxygens (including phenoxy) is 1. The number of carbonyl (C=O) groups excluding carboxylic acids is 1. The van der Waals surface area contributed by atoms with Gasteiger partial charge in [-0.1, -0.05) is 0 Å². The van der Waals surface area contributed by atoms with Crippen LogP contribution in [0.5, 0.6) is 0 Å². The van der Waals surface area contributed by atoms with Gasteiger partial charge in [0.25, 0.3) is 0 Å². The maximum absolute atomic E-state index is 11.6. The van der Waals surface area contributed by atoms with Crippen LogP contribution in [0.3, 0.4) is 0 Å². The van der Waals surface area contributed by atoms with Gasteiger partial charge in [-0.2, -0.15) is 0 Å². The highest BCUT2D eigenvalue weighted by Gasteiger charge is 2.11. The Hall–Kier alpha value is -0.860. The summed E-state index contributed by atoms with van der Waals surface area (Å²) >= 11 is 0. The zero-order valence-electron chi connectivity index (χ0n) is 5.60. The Morgan fingerprint density at radius 2 is 2.50 bits per heavy atom. The van der Waals surface area contributed by atoms with E-state index in [1.54, 1.807) is 0 Å². The van der Waals surface area contributed by atoms with Crippen LogP contribution < -0.4 is 0 Å². The number of alkyl halides is 1. The lowest BCUT2D eigenvalue weighted by atomic mass is 10.2. The average molecular weight is 144 g/mol. The van der Waals surface area contributed by atoms with Crippen LogP contribution in [0.2, 0.25) is 0 Å². The summed E-state index contributed by atoms with van der Waals surface area (Å²) in [5, 5.41) is 0. The zero-order chi connectivity index (χ0) is 7.40. The summed E-state index contributed by atoms with van der Waals surface area (Å²) in [7, 11) is 0. The first kappa shape index (κ1) is 7.25. The molecule has 1 aliphatic rings. The third kappa shape index (κ3) is 1.83. The predicted molar refractivity (Wildman–Crippen MR) is 34.3 cm³/mol. The highest BCUT2D eigenvalue weighted by molar-refractivity contribution is 5.85. The van der Waals surface area contributed by atoms with E-state index in [9.17, 15) is 9.18 Å². The molecule has 0 unspecified atom stereocenters. The fraction of sp³-hybridized carbons (Fsp3) is 0.571. The van der Waals surface area contributed by atoms with E-state index < -0.39 is 0 Å². The van der Waals surface area contributed by atoms with E-state index in [1.807, 2.05) is 0 Å². The van der Waals surface area contributed by atoms with Gasteiger partial charge in [0.1, 0.15) is 6.61 Å². The van der Waals surface area contributed by atoms with Crippen molar-refractivity contribution in [3.63, 3.8) is 0 Å². The Labute approximate surface area is 58.7 Å². The minimum absolute atomic E-state index is 0.297. The summed E-state index contributed by atoms with van der Waals surface area (Å²) in [4.78, 5) is 10.4. The molecule has 0 fully saturated rings. The summed E-state index contributed by atoms with van der Waals surface area (Å²) in [6.45, 7) is 0.0321. The van der Waals surface area contributed by atoms with Gasteiger partial charge in [-0.25, -0.2) is 4.79 Å². The van der Waals surface area contributed by atoms with E-state index in [1.165, 1.54) is 6.08 Å².